The average molecular weight is 1080 g/mol. The number of fused-ring (bicyclic) bond motifs is 2. The fraction of sp³-hybridized carbons (Fsp3) is 0.952. The molecule has 5 atom stereocenters. The van der Waals surface area contributed by atoms with Gasteiger partial charge in [-0.1, -0.05) is 170 Å². The maximum Gasteiger partial charge on any atom is 0.402 e. The van der Waals surface area contributed by atoms with Crippen molar-refractivity contribution in [3.8, 4) is 0 Å². The molecule has 442 valence electrons. The van der Waals surface area contributed by atoms with Crippen molar-refractivity contribution in [2.45, 2.75) is 304 Å². The maximum atomic E-state index is 14.7. The minimum absolute atomic E-state index is 0.0126. The van der Waals surface area contributed by atoms with Crippen LogP contribution in [0.3, 0.4) is 0 Å². The van der Waals surface area contributed by atoms with Gasteiger partial charge in [-0.2, -0.15) is 13.2 Å². The van der Waals surface area contributed by atoms with E-state index in [1.807, 2.05) is 0 Å². The number of hydrogen-bond donors (Lipinski definition) is 0. The molecule has 2 rings (SSSR count). The number of ether oxygens (including phenoxy) is 7. The van der Waals surface area contributed by atoms with Gasteiger partial charge in [-0.25, -0.2) is 0 Å². The Morgan fingerprint density at radius 3 is 1.35 bits per heavy atom. The van der Waals surface area contributed by atoms with Gasteiger partial charge in [-0.3, -0.25) is 14.4 Å². The normalized spacial score (nSPS) is 21.2. The van der Waals surface area contributed by atoms with Gasteiger partial charge in [0.2, 0.25) is 0 Å². The van der Waals surface area contributed by atoms with E-state index in [2.05, 4.69) is 41.5 Å². The number of rotatable bonds is 51. The Bertz CT molecular complexity index is 1380. The SMILES string of the molecule is CCCCCCCCOC(CCC(=O)OCCCC1(C)CC2CC(C)(CCCOC=O)CC(CCCOC(=O)C(CC(OCCCCCCCC)OCCCCCCCC)C(F)(F)F)(C2)C1)OCCCCCCCC. The first-order valence-electron chi connectivity index (χ1n) is 31.1. The van der Waals surface area contributed by atoms with Gasteiger partial charge < -0.3 is 33.2 Å². The minimum Gasteiger partial charge on any atom is -0.468 e. The zero-order valence-electron chi connectivity index (χ0n) is 48.9. The summed E-state index contributed by atoms with van der Waals surface area (Å²) in [7, 11) is 0. The molecule has 10 nitrogen and oxygen atoms in total. The van der Waals surface area contributed by atoms with Gasteiger partial charge in [-0.15, -0.1) is 0 Å². The van der Waals surface area contributed by atoms with Crippen LogP contribution in [0, 0.1) is 28.1 Å². The lowest BCUT2D eigenvalue weighted by molar-refractivity contribution is -0.222. The van der Waals surface area contributed by atoms with Crippen molar-refractivity contribution in [2.24, 2.45) is 28.1 Å². The molecule has 13 heteroatoms. The third kappa shape index (κ3) is 33.3. The Morgan fingerprint density at radius 1 is 0.507 bits per heavy atom. The molecule has 2 saturated carbocycles. The summed E-state index contributed by atoms with van der Waals surface area (Å²) in [6, 6.07) is 0. The standard InChI is InChI=1S/C62H113F3O10/c1-7-11-15-19-23-27-40-71-56(72-41-28-24-20-16-12-8-2)35-34-55(67)70-44-32-37-60(6)48-53-47-59(5,36-31-39-69-52-66)50-61(49-53,51-60)38-33-45-75-58(68)54(62(63,64)65)46-57(73-42-29-25-21-17-13-9-3)74-43-30-26-22-18-14-10-4/h52-54,56-57H,7-51H2,1-6H3. The minimum atomic E-state index is -4.81. The predicted molar refractivity (Wildman–Crippen MR) is 295 cm³/mol. The molecule has 0 aromatic rings. The second kappa shape index (κ2) is 42.0. The second-order valence-electron chi connectivity index (χ2n) is 23.9. The topological polar surface area (TPSA) is 116 Å². The summed E-state index contributed by atoms with van der Waals surface area (Å²) in [6.45, 7) is 16.4. The molecule has 0 radical (unpaired) electrons. The van der Waals surface area contributed by atoms with Crippen LogP contribution in [0.4, 0.5) is 13.2 Å². The third-order valence-corrected chi connectivity index (χ3v) is 16.2. The van der Waals surface area contributed by atoms with Crippen molar-refractivity contribution < 1.29 is 60.7 Å². The van der Waals surface area contributed by atoms with Crippen LogP contribution in [0.2, 0.25) is 0 Å². The van der Waals surface area contributed by atoms with E-state index in [4.69, 9.17) is 33.2 Å². The molecule has 0 amide bonds. The summed E-state index contributed by atoms with van der Waals surface area (Å²) in [4.78, 5) is 37.5. The Balaban J connectivity index is 2.04. The second-order valence-corrected chi connectivity index (χ2v) is 23.9. The Morgan fingerprint density at radius 2 is 0.907 bits per heavy atom. The highest BCUT2D eigenvalue weighted by atomic mass is 19.4. The molecular weight excluding hydrogens is 962 g/mol. The lowest BCUT2D eigenvalue weighted by Gasteiger charge is -2.58. The van der Waals surface area contributed by atoms with E-state index in [1.54, 1.807) is 0 Å². The predicted octanol–water partition coefficient (Wildman–Crippen LogP) is 17.7. The number of carbonyl (C=O) groups excluding carboxylic acids is 3. The molecule has 0 heterocycles. The van der Waals surface area contributed by atoms with E-state index in [1.165, 1.54) is 51.4 Å². The Kier molecular flexibility index (Phi) is 38.7. The van der Waals surface area contributed by atoms with E-state index in [0.29, 0.717) is 51.7 Å². The van der Waals surface area contributed by atoms with Crippen LogP contribution in [-0.2, 0) is 47.5 Å². The van der Waals surface area contributed by atoms with Gasteiger partial charge >= 0.3 is 18.1 Å². The van der Waals surface area contributed by atoms with Gasteiger partial charge in [0, 0.05) is 39.3 Å². The van der Waals surface area contributed by atoms with Crippen LogP contribution in [-0.4, -0.2) is 83.4 Å². The third-order valence-electron chi connectivity index (χ3n) is 16.2. The highest BCUT2D eigenvalue weighted by Crippen LogP contribution is 2.64. The molecule has 2 aliphatic rings. The molecule has 0 N–H and O–H groups in total. The lowest BCUT2D eigenvalue weighted by atomic mass is 9.47. The average Bonchev–Trinajstić information content (AvgIpc) is 3.36. The molecule has 75 heavy (non-hydrogen) atoms. The van der Waals surface area contributed by atoms with Gasteiger partial charge in [0.25, 0.3) is 6.47 Å². The van der Waals surface area contributed by atoms with E-state index >= 15 is 0 Å². The number of esters is 2. The van der Waals surface area contributed by atoms with Crippen molar-refractivity contribution in [1.82, 2.24) is 0 Å². The van der Waals surface area contributed by atoms with Gasteiger partial charge in [0.05, 0.1) is 26.2 Å². The van der Waals surface area contributed by atoms with Crippen molar-refractivity contribution in [3.05, 3.63) is 0 Å². The molecule has 5 unspecified atom stereocenters. The first kappa shape index (κ1) is 69.1. The molecule has 0 aromatic heterocycles. The van der Waals surface area contributed by atoms with E-state index < -0.39 is 37.1 Å². The molecule has 0 aliphatic heterocycles. The summed E-state index contributed by atoms with van der Waals surface area (Å²) in [6.07, 6.45) is 29.7. The maximum absolute atomic E-state index is 14.7. The molecular formula is C62H113F3O10. The fourth-order valence-electron chi connectivity index (χ4n) is 12.7. The van der Waals surface area contributed by atoms with Gasteiger partial charge in [-0.05, 0) is 118 Å². The number of alkyl halides is 3. The van der Waals surface area contributed by atoms with Crippen LogP contribution in [0.5, 0.6) is 0 Å². The number of hydrogen-bond acceptors (Lipinski definition) is 10. The molecule has 2 bridgehead atoms. The quantitative estimate of drug-likeness (QED) is 0.0192. The largest absolute Gasteiger partial charge is 0.468 e. The van der Waals surface area contributed by atoms with Crippen molar-refractivity contribution >= 4 is 18.4 Å². The summed E-state index contributed by atoms with van der Waals surface area (Å²) in [5, 5.41) is 0. The van der Waals surface area contributed by atoms with Gasteiger partial charge in [0.15, 0.2) is 18.5 Å². The van der Waals surface area contributed by atoms with E-state index in [9.17, 15) is 27.6 Å². The van der Waals surface area contributed by atoms with Crippen LogP contribution >= 0.6 is 0 Å². The van der Waals surface area contributed by atoms with Crippen LogP contribution in [0.15, 0.2) is 0 Å². The zero-order chi connectivity index (χ0) is 54.9. The molecule has 0 aromatic carbocycles. The van der Waals surface area contributed by atoms with Gasteiger partial charge in [0.1, 0.15) is 0 Å². The lowest BCUT2D eigenvalue weighted by Crippen LogP contribution is -2.47. The van der Waals surface area contributed by atoms with E-state index in [0.717, 1.165) is 167 Å². The Hall–Kier alpha value is -1.96. The van der Waals surface area contributed by atoms with Crippen LogP contribution in [0.25, 0.3) is 0 Å². The summed E-state index contributed by atoms with van der Waals surface area (Å²) in [5.74, 6) is -3.39. The highest BCUT2D eigenvalue weighted by Gasteiger charge is 2.53. The summed E-state index contributed by atoms with van der Waals surface area (Å²) < 4.78 is 84.7. The molecule has 0 spiro atoms. The molecule has 2 aliphatic carbocycles. The first-order chi connectivity index (χ1) is 36.2. The van der Waals surface area contributed by atoms with Crippen LogP contribution < -0.4 is 0 Å². The molecule has 2 fully saturated rings. The van der Waals surface area contributed by atoms with Crippen LogP contribution in [0.1, 0.15) is 286 Å². The smallest absolute Gasteiger partial charge is 0.402 e. The van der Waals surface area contributed by atoms with Crippen molar-refractivity contribution in [3.63, 3.8) is 0 Å². The van der Waals surface area contributed by atoms with Crippen molar-refractivity contribution in [1.29, 1.82) is 0 Å². The fourth-order valence-corrected chi connectivity index (χ4v) is 12.7. The summed E-state index contributed by atoms with van der Waals surface area (Å²) >= 11 is 0. The highest BCUT2D eigenvalue weighted by molar-refractivity contribution is 5.73. The van der Waals surface area contributed by atoms with Crippen molar-refractivity contribution in [2.75, 3.05) is 46.2 Å². The van der Waals surface area contributed by atoms with E-state index in [-0.39, 0.29) is 48.5 Å². The number of halogens is 3. The number of unbranched alkanes of at least 4 members (excludes halogenated alkanes) is 20. The zero-order valence-corrected chi connectivity index (χ0v) is 48.9. The first-order valence-corrected chi connectivity index (χ1v) is 31.1. The Labute approximate surface area is 456 Å². The summed E-state index contributed by atoms with van der Waals surface area (Å²) in [5.41, 5.74) is -0.101. The molecule has 0 saturated heterocycles. The number of carbonyl (C=O) groups is 3. The monoisotopic (exact) mass is 1070 g/mol.